The minimum Gasteiger partial charge on any atom is -0.464 e. The average Bonchev–Trinajstić information content (AvgIpc) is 2.98. The van der Waals surface area contributed by atoms with Crippen LogP contribution in [0.3, 0.4) is 0 Å². The van der Waals surface area contributed by atoms with Crippen LogP contribution < -0.4 is 0 Å². The molecule has 0 unspecified atom stereocenters. The van der Waals surface area contributed by atoms with Gasteiger partial charge in [-0.3, -0.25) is 0 Å². The second-order valence-corrected chi connectivity index (χ2v) is 4.04. The maximum absolute atomic E-state index is 13.8. The summed E-state index contributed by atoms with van der Waals surface area (Å²) in [5.41, 5.74) is 0.577. The molecule has 0 saturated heterocycles. The molecule has 1 heterocycles. The van der Waals surface area contributed by atoms with Crippen LogP contribution in [-0.4, -0.2) is 0 Å². The molecule has 0 N–H and O–H groups in total. The van der Waals surface area contributed by atoms with Crippen molar-refractivity contribution in [2.75, 3.05) is 0 Å². The molecule has 1 nitrogen and oxygen atoms in total. The van der Waals surface area contributed by atoms with E-state index in [2.05, 4.69) is 0 Å². The molecule has 1 saturated carbocycles. The molecule has 1 aliphatic rings. The number of furan rings is 1. The molecule has 3 rings (SSSR count). The summed E-state index contributed by atoms with van der Waals surface area (Å²) < 4.78 is 32.8. The van der Waals surface area contributed by atoms with Crippen LogP contribution in [0, 0.1) is 5.92 Å². The Bertz CT molecular complexity index is 497. The van der Waals surface area contributed by atoms with E-state index >= 15 is 0 Å². The van der Waals surface area contributed by atoms with Crippen LogP contribution in [0.25, 0.3) is 11.0 Å². The fourth-order valence-electron chi connectivity index (χ4n) is 1.90. The van der Waals surface area contributed by atoms with Crippen molar-refractivity contribution in [3.05, 3.63) is 36.1 Å². The molecule has 0 atom stereocenters. The monoisotopic (exact) mass is 208 g/mol. The van der Waals surface area contributed by atoms with E-state index in [1.165, 1.54) is 6.26 Å². The van der Waals surface area contributed by atoms with Gasteiger partial charge in [0.05, 0.1) is 5.56 Å². The summed E-state index contributed by atoms with van der Waals surface area (Å²) in [5, 5.41) is 0.536. The standard InChI is InChI=1S/C12H10F2O/c13-12(14,8-5-6-8)10-7-15-11-4-2-1-3-9(10)11/h1-4,7-8H,5-6H2. The zero-order chi connectivity index (χ0) is 10.5. The average molecular weight is 208 g/mol. The van der Waals surface area contributed by atoms with Gasteiger partial charge >= 0.3 is 0 Å². The van der Waals surface area contributed by atoms with Crippen LogP contribution in [0.15, 0.2) is 34.9 Å². The second kappa shape index (κ2) is 2.81. The highest BCUT2D eigenvalue weighted by Gasteiger charge is 2.49. The summed E-state index contributed by atoms with van der Waals surface area (Å²) in [7, 11) is 0. The van der Waals surface area contributed by atoms with E-state index in [0.29, 0.717) is 23.8 Å². The summed E-state index contributed by atoms with van der Waals surface area (Å²) in [4.78, 5) is 0. The van der Waals surface area contributed by atoms with E-state index in [1.54, 1.807) is 24.3 Å². The first kappa shape index (κ1) is 8.89. The van der Waals surface area contributed by atoms with E-state index in [4.69, 9.17) is 4.42 Å². The van der Waals surface area contributed by atoms with Crippen LogP contribution >= 0.6 is 0 Å². The van der Waals surface area contributed by atoms with E-state index in [0.717, 1.165) is 0 Å². The van der Waals surface area contributed by atoms with Gasteiger partial charge in [0.15, 0.2) is 0 Å². The Morgan fingerprint density at radius 2 is 1.93 bits per heavy atom. The van der Waals surface area contributed by atoms with Crippen LogP contribution in [0.1, 0.15) is 18.4 Å². The van der Waals surface area contributed by atoms with Gasteiger partial charge in [-0.15, -0.1) is 0 Å². The quantitative estimate of drug-likeness (QED) is 0.728. The van der Waals surface area contributed by atoms with Gasteiger partial charge in [-0.2, -0.15) is 0 Å². The molecule has 0 amide bonds. The Hall–Kier alpha value is -1.38. The Labute approximate surface area is 85.7 Å². The first-order valence-electron chi connectivity index (χ1n) is 5.04. The maximum Gasteiger partial charge on any atom is 0.279 e. The third kappa shape index (κ3) is 1.26. The van der Waals surface area contributed by atoms with Crippen molar-refractivity contribution in [3.8, 4) is 0 Å². The molecule has 1 aliphatic carbocycles. The van der Waals surface area contributed by atoms with Gasteiger partial charge in [0.25, 0.3) is 5.92 Å². The van der Waals surface area contributed by atoms with Crippen molar-refractivity contribution in [1.29, 1.82) is 0 Å². The highest BCUT2D eigenvalue weighted by molar-refractivity contribution is 5.81. The van der Waals surface area contributed by atoms with Crippen molar-refractivity contribution in [3.63, 3.8) is 0 Å². The van der Waals surface area contributed by atoms with Gasteiger partial charge in [0.2, 0.25) is 0 Å². The van der Waals surface area contributed by atoms with Crippen molar-refractivity contribution >= 4 is 11.0 Å². The predicted octanol–water partition coefficient (Wildman–Crippen LogP) is 3.93. The van der Waals surface area contributed by atoms with Gasteiger partial charge in [-0.25, -0.2) is 8.78 Å². The topological polar surface area (TPSA) is 13.1 Å². The fraction of sp³-hybridized carbons (Fsp3) is 0.333. The molecule has 1 fully saturated rings. The first-order valence-corrected chi connectivity index (χ1v) is 5.04. The van der Waals surface area contributed by atoms with Gasteiger partial charge in [0, 0.05) is 11.3 Å². The third-order valence-corrected chi connectivity index (χ3v) is 2.93. The summed E-state index contributed by atoms with van der Waals surface area (Å²) in [6.07, 6.45) is 2.43. The van der Waals surface area contributed by atoms with Crippen LogP contribution in [0.4, 0.5) is 8.78 Å². The number of hydrogen-bond donors (Lipinski definition) is 0. The fourth-order valence-corrected chi connectivity index (χ4v) is 1.90. The van der Waals surface area contributed by atoms with E-state index < -0.39 is 11.8 Å². The molecular weight excluding hydrogens is 198 g/mol. The zero-order valence-electron chi connectivity index (χ0n) is 8.04. The lowest BCUT2D eigenvalue weighted by molar-refractivity contribution is -0.0277. The van der Waals surface area contributed by atoms with Gasteiger partial charge in [0.1, 0.15) is 11.8 Å². The number of hydrogen-bond acceptors (Lipinski definition) is 1. The zero-order valence-corrected chi connectivity index (χ0v) is 8.04. The van der Waals surface area contributed by atoms with Crippen molar-refractivity contribution in [1.82, 2.24) is 0 Å². The molecule has 2 aromatic rings. The first-order chi connectivity index (χ1) is 7.19. The Balaban J connectivity index is 2.18. The molecule has 15 heavy (non-hydrogen) atoms. The number of alkyl halides is 2. The minimum atomic E-state index is -2.73. The highest BCUT2D eigenvalue weighted by atomic mass is 19.3. The van der Waals surface area contributed by atoms with E-state index in [-0.39, 0.29) is 5.56 Å². The van der Waals surface area contributed by atoms with Gasteiger partial charge in [-0.1, -0.05) is 18.2 Å². The Kier molecular flexibility index (Phi) is 1.67. The normalized spacial score (nSPS) is 17.2. The molecule has 0 aliphatic heterocycles. The summed E-state index contributed by atoms with van der Waals surface area (Å²) in [6.45, 7) is 0. The van der Waals surface area contributed by atoms with Crippen molar-refractivity contribution < 1.29 is 13.2 Å². The molecule has 0 bridgehead atoms. The van der Waals surface area contributed by atoms with E-state index in [1.807, 2.05) is 0 Å². The van der Waals surface area contributed by atoms with Gasteiger partial charge < -0.3 is 4.42 Å². The maximum atomic E-state index is 13.8. The predicted molar refractivity (Wildman–Crippen MR) is 52.8 cm³/mol. The lowest BCUT2D eigenvalue weighted by Gasteiger charge is -2.13. The third-order valence-electron chi connectivity index (χ3n) is 2.93. The van der Waals surface area contributed by atoms with Crippen LogP contribution in [0.2, 0.25) is 0 Å². The van der Waals surface area contributed by atoms with Crippen LogP contribution in [0.5, 0.6) is 0 Å². The second-order valence-electron chi connectivity index (χ2n) is 4.04. The summed E-state index contributed by atoms with van der Waals surface area (Å²) in [5.74, 6) is -3.22. The SMILES string of the molecule is FC(F)(c1coc2ccccc12)C1CC1. The van der Waals surface area contributed by atoms with Gasteiger partial charge in [-0.05, 0) is 18.9 Å². The lowest BCUT2D eigenvalue weighted by atomic mass is 10.0. The molecule has 1 aromatic carbocycles. The number of halogens is 2. The van der Waals surface area contributed by atoms with Crippen molar-refractivity contribution in [2.24, 2.45) is 5.92 Å². The number of benzene rings is 1. The van der Waals surface area contributed by atoms with E-state index in [9.17, 15) is 8.78 Å². The molecule has 3 heteroatoms. The molecule has 0 radical (unpaired) electrons. The molecule has 78 valence electrons. The summed E-state index contributed by atoms with van der Waals surface area (Å²) >= 11 is 0. The Morgan fingerprint density at radius 3 is 2.67 bits per heavy atom. The molecule has 1 aromatic heterocycles. The Morgan fingerprint density at radius 1 is 1.20 bits per heavy atom. The van der Waals surface area contributed by atoms with Crippen LogP contribution in [-0.2, 0) is 5.92 Å². The number of fused-ring (bicyclic) bond motifs is 1. The smallest absolute Gasteiger partial charge is 0.279 e. The lowest BCUT2D eigenvalue weighted by Crippen LogP contribution is -2.15. The van der Waals surface area contributed by atoms with Crippen molar-refractivity contribution in [2.45, 2.75) is 18.8 Å². The largest absolute Gasteiger partial charge is 0.464 e. The minimum absolute atomic E-state index is 0.0422. The number of para-hydroxylation sites is 1. The molecular formula is C12H10F2O. The molecule has 0 spiro atoms. The highest BCUT2D eigenvalue weighted by Crippen LogP contribution is 2.51. The summed E-state index contributed by atoms with van der Waals surface area (Å²) in [6, 6.07) is 6.93. The number of rotatable bonds is 2.